The maximum Gasteiger partial charge on any atom is 0.349 e. The van der Waals surface area contributed by atoms with Crippen molar-refractivity contribution in [3.05, 3.63) is 29.8 Å². The summed E-state index contributed by atoms with van der Waals surface area (Å²) in [5.41, 5.74) is 0.503. The van der Waals surface area contributed by atoms with Crippen LogP contribution in [0.2, 0.25) is 0 Å². The number of phenols is 1. The Morgan fingerprint density at radius 1 is 1.37 bits per heavy atom. The summed E-state index contributed by atoms with van der Waals surface area (Å²) in [6, 6.07) is 6.69. The number of aliphatic hydroxyl groups is 1. The van der Waals surface area contributed by atoms with Crippen molar-refractivity contribution in [3.8, 4) is 5.75 Å². The Bertz CT molecular complexity index is 497. The van der Waals surface area contributed by atoms with Gasteiger partial charge in [0, 0.05) is 11.8 Å². The quantitative estimate of drug-likeness (QED) is 0.658. The van der Waals surface area contributed by atoms with E-state index in [0.717, 1.165) is 0 Å². The molecule has 3 N–H and O–H groups in total. The van der Waals surface area contributed by atoms with Crippen LogP contribution in [0.3, 0.4) is 0 Å². The van der Waals surface area contributed by atoms with Gasteiger partial charge in [0.2, 0.25) is 0 Å². The van der Waals surface area contributed by atoms with Crippen molar-refractivity contribution in [2.24, 2.45) is 9.98 Å². The van der Waals surface area contributed by atoms with Gasteiger partial charge in [-0.25, -0.2) is 4.79 Å². The molecule has 19 heavy (non-hydrogen) atoms. The number of aliphatic carboxylic acids is 1. The van der Waals surface area contributed by atoms with E-state index in [1.807, 2.05) is 0 Å². The van der Waals surface area contributed by atoms with E-state index in [0.29, 0.717) is 5.56 Å². The van der Waals surface area contributed by atoms with Crippen LogP contribution in [0.1, 0.15) is 12.5 Å². The van der Waals surface area contributed by atoms with Crippen molar-refractivity contribution in [2.75, 3.05) is 13.1 Å². The first kappa shape index (κ1) is 14.8. The van der Waals surface area contributed by atoms with Crippen LogP contribution >= 0.6 is 0 Å². The lowest BCUT2D eigenvalue weighted by molar-refractivity contribution is -0.129. The van der Waals surface area contributed by atoms with Crippen LogP contribution in [0.5, 0.6) is 5.75 Å². The molecule has 0 saturated heterocycles. The fourth-order valence-electron chi connectivity index (χ4n) is 1.24. The van der Waals surface area contributed by atoms with Crippen molar-refractivity contribution in [1.82, 2.24) is 0 Å². The molecule has 102 valence electrons. The van der Waals surface area contributed by atoms with Crippen molar-refractivity contribution in [3.63, 3.8) is 0 Å². The molecule has 0 saturated carbocycles. The monoisotopic (exact) mass is 264 g/mol. The Morgan fingerprint density at radius 3 is 2.68 bits per heavy atom. The Balaban J connectivity index is 2.47. The zero-order valence-corrected chi connectivity index (χ0v) is 10.5. The number of carboxylic acids is 1. The number of benzene rings is 1. The number of carboxylic acid groups (broad SMARTS) is 1. The number of rotatable bonds is 6. The van der Waals surface area contributed by atoms with Gasteiger partial charge in [0.1, 0.15) is 11.5 Å². The fraction of sp³-hybridized carbons (Fsp3) is 0.308. The first-order valence-electron chi connectivity index (χ1n) is 5.71. The molecule has 0 unspecified atom stereocenters. The molecule has 0 heterocycles. The molecule has 1 atom stereocenters. The second-order valence-corrected chi connectivity index (χ2v) is 3.94. The van der Waals surface area contributed by atoms with Gasteiger partial charge in [0.25, 0.3) is 0 Å². The van der Waals surface area contributed by atoms with Crippen LogP contribution in [-0.4, -0.2) is 52.4 Å². The van der Waals surface area contributed by atoms with E-state index in [-0.39, 0.29) is 24.6 Å². The molecular formula is C13H16N2O4. The van der Waals surface area contributed by atoms with Gasteiger partial charge in [-0.3, -0.25) is 9.98 Å². The number of aromatic hydroxyl groups is 1. The van der Waals surface area contributed by atoms with Crippen molar-refractivity contribution < 1.29 is 20.1 Å². The molecule has 0 fully saturated rings. The van der Waals surface area contributed by atoms with Gasteiger partial charge in [0.15, 0.2) is 0 Å². The van der Waals surface area contributed by atoms with Crippen LogP contribution < -0.4 is 0 Å². The minimum absolute atomic E-state index is 0.0176. The minimum Gasteiger partial charge on any atom is -0.507 e. The summed E-state index contributed by atoms with van der Waals surface area (Å²) in [6.45, 7) is 1.43. The van der Waals surface area contributed by atoms with E-state index < -0.39 is 12.1 Å². The van der Waals surface area contributed by atoms with Gasteiger partial charge in [-0.15, -0.1) is 0 Å². The van der Waals surface area contributed by atoms with Crippen molar-refractivity contribution >= 4 is 17.9 Å². The van der Waals surface area contributed by atoms with Gasteiger partial charge >= 0.3 is 5.97 Å². The van der Waals surface area contributed by atoms with Gasteiger partial charge in [-0.1, -0.05) is 12.1 Å². The van der Waals surface area contributed by atoms with Gasteiger partial charge < -0.3 is 15.3 Å². The average molecular weight is 264 g/mol. The van der Waals surface area contributed by atoms with Crippen molar-refractivity contribution in [1.29, 1.82) is 0 Å². The lowest BCUT2D eigenvalue weighted by atomic mass is 10.2. The van der Waals surface area contributed by atoms with E-state index >= 15 is 0 Å². The number of hydrogen-bond acceptors (Lipinski definition) is 5. The zero-order chi connectivity index (χ0) is 14.3. The highest BCUT2D eigenvalue weighted by Gasteiger charge is 2.05. The lowest BCUT2D eigenvalue weighted by Gasteiger charge is -2.04. The summed E-state index contributed by atoms with van der Waals surface area (Å²) in [5.74, 6) is -0.995. The van der Waals surface area contributed by atoms with E-state index in [1.165, 1.54) is 19.2 Å². The Kier molecular flexibility index (Phi) is 5.69. The molecular weight excluding hydrogens is 248 g/mol. The summed E-state index contributed by atoms with van der Waals surface area (Å²) in [7, 11) is 0. The third kappa shape index (κ3) is 5.31. The molecule has 1 aromatic rings. The second-order valence-electron chi connectivity index (χ2n) is 3.94. The molecule has 0 bridgehead atoms. The zero-order valence-electron chi connectivity index (χ0n) is 10.5. The Morgan fingerprint density at radius 2 is 2.05 bits per heavy atom. The number of nitrogens with zero attached hydrogens (tertiary/aromatic N) is 2. The number of para-hydroxylation sites is 1. The third-order valence-corrected chi connectivity index (χ3v) is 2.33. The number of aliphatic imine (C=N–C) groups is 2. The second kappa shape index (κ2) is 7.27. The predicted octanol–water partition coefficient (Wildman–Crippen LogP) is 0.718. The maximum absolute atomic E-state index is 10.5. The highest BCUT2D eigenvalue weighted by Crippen LogP contribution is 2.12. The molecule has 0 aromatic heterocycles. The summed E-state index contributed by atoms with van der Waals surface area (Å²) in [4.78, 5) is 18.2. The molecule has 0 aliphatic rings. The molecule has 6 nitrogen and oxygen atoms in total. The van der Waals surface area contributed by atoms with E-state index in [4.69, 9.17) is 5.11 Å². The van der Waals surface area contributed by atoms with Crippen LogP contribution in [-0.2, 0) is 4.79 Å². The third-order valence-electron chi connectivity index (χ3n) is 2.33. The van der Waals surface area contributed by atoms with Crippen LogP contribution in [0.25, 0.3) is 0 Å². The summed E-state index contributed by atoms with van der Waals surface area (Å²) in [6.07, 6.45) is 0.600. The molecule has 6 heteroatoms. The standard InChI is InChI=1S/C13H16N2O4/c1-9(13(18)19)15-8-11(16)7-14-6-10-4-2-3-5-12(10)17/h2-6,11,16-17H,7-8H2,1H3,(H,18,19)/t11-/m1/s1. The SMILES string of the molecule is CC(=NC[C@H](O)CN=Cc1ccccc1O)C(=O)O. The summed E-state index contributed by atoms with van der Waals surface area (Å²) in [5, 5.41) is 27.6. The van der Waals surface area contributed by atoms with Crippen molar-refractivity contribution in [2.45, 2.75) is 13.0 Å². The Labute approximate surface area is 110 Å². The number of hydrogen-bond donors (Lipinski definition) is 3. The van der Waals surface area contributed by atoms with Gasteiger partial charge in [-0.2, -0.15) is 0 Å². The molecule has 0 aliphatic heterocycles. The predicted molar refractivity (Wildman–Crippen MR) is 72.2 cm³/mol. The first-order valence-corrected chi connectivity index (χ1v) is 5.71. The molecule has 0 radical (unpaired) electrons. The van der Waals surface area contributed by atoms with E-state index in [9.17, 15) is 15.0 Å². The first-order chi connectivity index (χ1) is 9.00. The summed E-state index contributed by atoms with van der Waals surface area (Å²) < 4.78 is 0. The number of aliphatic hydroxyl groups excluding tert-OH is 1. The van der Waals surface area contributed by atoms with Crippen LogP contribution in [0.4, 0.5) is 0 Å². The van der Waals surface area contributed by atoms with E-state index in [2.05, 4.69) is 9.98 Å². The molecule has 1 rings (SSSR count). The average Bonchev–Trinajstić information content (AvgIpc) is 2.38. The highest BCUT2D eigenvalue weighted by atomic mass is 16.4. The maximum atomic E-state index is 10.5. The molecule has 0 aliphatic carbocycles. The molecule has 1 aromatic carbocycles. The minimum atomic E-state index is -1.11. The molecule has 0 spiro atoms. The lowest BCUT2D eigenvalue weighted by Crippen LogP contribution is -2.18. The summed E-state index contributed by atoms with van der Waals surface area (Å²) >= 11 is 0. The smallest absolute Gasteiger partial charge is 0.349 e. The Hall–Kier alpha value is -2.21. The van der Waals surface area contributed by atoms with E-state index in [1.54, 1.807) is 18.2 Å². The topological polar surface area (TPSA) is 102 Å². The molecule has 0 amide bonds. The van der Waals surface area contributed by atoms with Crippen LogP contribution in [0.15, 0.2) is 34.3 Å². The van der Waals surface area contributed by atoms with Crippen LogP contribution in [0, 0.1) is 0 Å². The normalized spacial score (nSPS) is 13.7. The highest BCUT2D eigenvalue weighted by molar-refractivity contribution is 6.34. The number of phenolic OH excluding ortho intramolecular Hbond substituents is 1. The fourth-order valence-corrected chi connectivity index (χ4v) is 1.24. The van der Waals surface area contributed by atoms with Gasteiger partial charge in [0.05, 0.1) is 19.2 Å². The number of carbonyl (C=O) groups is 1. The largest absolute Gasteiger partial charge is 0.507 e. The van der Waals surface area contributed by atoms with Gasteiger partial charge in [-0.05, 0) is 19.1 Å².